The third kappa shape index (κ3) is 4.11. The van der Waals surface area contributed by atoms with Gasteiger partial charge in [-0.25, -0.2) is 0 Å². The average molecular weight is 351 g/mol. The molecule has 2 aliphatic heterocycles. The first-order valence-electron chi connectivity index (χ1n) is 8.94. The second-order valence-corrected chi connectivity index (χ2v) is 7.63. The molecule has 132 valence electrons. The Kier molecular flexibility index (Phi) is 5.80. The molecule has 3 rings (SSSR count). The van der Waals surface area contributed by atoms with Crippen LogP contribution in [0.25, 0.3) is 0 Å². The van der Waals surface area contributed by atoms with Gasteiger partial charge < -0.3 is 15.4 Å². The lowest BCUT2D eigenvalue weighted by atomic mass is 9.74. The van der Waals surface area contributed by atoms with E-state index in [1.807, 2.05) is 12.1 Å². The number of hydrogen-bond donors (Lipinski definition) is 2. The van der Waals surface area contributed by atoms with Crippen molar-refractivity contribution in [3.8, 4) is 0 Å². The molecule has 2 fully saturated rings. The van der Waals surface area contributed by atoms with Crippen molar-refractivity contribution >= 4 is 17.5 Å². The number of rotatable bonds is 4. The summed E-state index contributed by atoms with van der Waals surface area (Å²) in [4.78, 5) is 12.6. The molecule has 4 nitrogen and oxygen atoms in total. The number of hydrogen-bond acceptors (Lipinski definition) is 3. The summed E-state index contributed by atoms with van der Waals surface area (Å²) in [5, 5.41) is 7.39. The van der Waals surface area contributed by atoms with Gasteiger partial charge >= 0.3 is 0 Å². The van der Waals surface area contributed by atoms with E-state index in [0.717, 1.165) is 50.5 Å². The molecule has 0 unspecified atom stereocenters. The molecule has 2 atom stereocenters. The lowest BCUT2D eigenvalue weighted by Gasteiger charge is -2.38. The fourth-order valence-electron chi connectivity index (χ4n) is 3.90. The maximum absolute atomic E-state index is 12.6. The zero-order valence-electron chi connectivity index (χ0n) is 14.3. The molecule has 1 aromatic rings. The lowest BCUT2D eigenvalue weighted by Crippen LogP contribution is -2.48. The van der Waals surface area contributed by atoms with Crippen LogP contribution in [0.2, 0.25) is 5.02 Å². The predicted molar refractivity (Wildman–Crippen MR) is 96.4 cm³/mol. The van der Waals surface area contributed by atoms with Crippen molar-refractivity contribution in [3.63, 3.8) is 0 Å². The van der Waals surface area contributed by atoms with Gasteiger partial charge in [0.2, 0.25) is 5.91 Å². The first-order chi connectivity index (χ1) is 11.6. The van der Waals surface area contributed by atoms with E-state index in [-0.39, 0.29) is 17.2 Å². The minimum Gasteiger partial charge on any atom is -0.381 e. The van der Waals surface area contributed by atoms with Crippen molar-refractivity contribution in [2.24, 2.45) is 5.92 Å². The smallest absolute Gasteiger partial charge is 0.223 e. The lowest BCUT2D eigenvalue weighted by molar-refractivity contribution is -0.126. The number of piperidine rings is 1. The Balaban J connectivity index is 1.68. The third-order valence-electron chi connectivity index (χ3n) is 5.50. The second kappa shape index (κ2) is 7.85. The first kappa shape index (κ1) is 17.7. The summed E-state index contributed by atoms with van der Waals surface area (Å²) >= 11 is 6.04. The number of carbonyl (C=O) groups is 1. The highest BCUT2D eigenvalue weighted by molar-refractivity contribution is 6.30. The van der Waals surface area contributed by atoms with Crippen LogP contribution in [-0.2, 0) is 14.9 Å². The summed E-state index contributed by atoms with van der Waals surface area (Å²) in [6.07, 6.45) is 3.70. The number of benzene rings is 1. The Morgan fingerprint density at radius 2 is 2.04 bits per heavy atom. The van der Waals surface area contributed by atoms with E-state index < -0.39 is 0 Å². The molecule has 0 spiro atoms. The summed E-state index contributed by atoms with van der Waals surface area (Å²) in [6, 6.07) is 8.47. The third-order valence-corrected chi connectivity index (χ3v) is 5.75. The standard InChI is InChI=1S/C19H27ClN2O2/c1-14-12-15(6-9-21-14)18(23)22-13-19(7-10-24-11-8-19)16-2-4-17(20)5-3-16/h2-5,14-15,21H,6-13H2,1H3,(H,22,23)/t14-,15-/m0/s1. The maximum Gasteiger partial charge on any atom is 0.223 e. The van der Waals surface area contributed by atoms with E-state index in [9.17, 15) is 4.79 Å². The SMILES string of the molecule is C[C@H]1C[C@@H](C(=O)NCC2(c3ccc(Cl)cc3)CCOCC2)CCN1. The summed E-state index contributed by atoms with van der Waals surface area (Å²) in [5.41, 5.74) is 1.20. The van der Waals surface area contributed by atoms with Gasteiger partial charge in [0.1, 0.15) is 0 Å². The van der Waals surface area contributed by atoms with Gasteiger partial charge in [-0.2, -0.15) is 0 Å². The fourth-order valence-corrected chi connectivity index (χ4v) is 4.03. The summed E-state index contributed by atoms with van der Waals surface area (Å²) in [7, 11) is 0. The summed E-state index contributed by atoms with van der Waals surface area (Å²) < 4.78 is 5.56. The Morgan fingerprint density at radius 3 is 2.71 bits per heavy atom. The Hall–Kier alpha value is -1.10. The number of amides is 1. The normalized spacial score (nSPS) is 26.8. The van der Waals surface area contributed by atoms with E-state index in [1.54, 1.807) is 0 Å². The van der Waals surface area contributed by atoms with Crippen molar-refractivity contribution in [3.05, 3.63) is 34.9 Å². The van der Waals surface area contributed by atoms with Crippen LogP contribution in [0.4, 0.5) is 0 Å². The van der Waals surface area contributed by atoms with E-state index >= 15 is 0 Å². The minimum absolute atomic E-state index is 0.0446. The number of nitrogens with one attached hydrogen (secondary N) is 2. The highest BCUT2D eigenvalue weighted by atomic mass is 35.5. The fraction of sp³-hybridized carbons (Fsp3) is 0.632. The molecule has 2 aliphatic rings. The van der Waals surface area contributed by atoms with E-state index in [1.165, 1.54) is 5.56 Å². The molecular weight excluding hydrogens is 324 g/mol. The molecule has 5 heteroatoms. The molecule has 0 radical (unpaired) electrons. The molecule has 2 N–H and O–H groups in total. The van der Waals surface area contributed by atoms with Gasteiger partial charge in [-0.3, -0.25) is 4.79 Å². The molecule has 1 amide bonds. The van der Waals surface area contributed by atoms with Gasteiger partial charge in [-0.05, 0) is 56.8 Å². The maximum atomic E-state index is 12.6. The van der Waals surface area contributed by atoms with Crippen LogP contribution in [0.1, 0.15) is 38.2 Å². The largest absolute Gasteiger partial charge is 0.381 e. The molecule has 24 heavy (non-hydrogen) atoms. The quantitative estimate of drug-likeness (QED) is 0.877. The van der Waals surface area contributed by atoms with Gasteiger partial charge in [0.25, 0.3) is 0 Å². The zero-order chi connectivity index (χ0) is 17.0. The highest BCUT2D eigenvalue weighted by Gasteiger charge is 2.35. The van der Waals surface area contributed by atoms with Crippen LogP contribution in [0, 0.1) is 5.92 Å². The number of carbonyl (C=O) groups excluding carboxylic acids is 1. The topological polar surface area (TPSA) is 50.4 Å². The van der Waals surface area contributed by atoms with E-state index in [2.05, 4.69) is 29.7 Å². The molecule has 0 bridgehead atoms. The van der Waals surface area contributed by atoms with Gasteiger partial charge in [0.05, 0.1) is 0 Å². The van der Waals surface area contributed by atoms with E-state index in [0.29, 0.717) is 12.6 Å². The molecule has 2 heterocycles. The van der Waals surface area contributed by atoms with Crippen LogP contribution in [0.5, 0.6) is 0 Å². The van der Waals surface area contributed by atoms with Crippen molar-refractivity contribution in [2.75, 3.05) is 26.3 Å². The summed E-state index contributed by atoms with van der Waals surface area (Å²) in [5.74, 6) is 0.325. The highest BCUT2D eigenvalue weighted by Crippen LogP contribution is 2.35. The molecular formula is C19H27ClN2O2. The van der Waals surface area contributed by atoms with Crippen LogP contribution in [-0.4, -0.2) is 38.3 Å². The zero-order valence-corrected chi connectivity index (χ0v) is 15.1. The van der Waals surface area contributed by atoms with Crippen molar-refractivity contribution < 1.29 is 9.53 Å². The molecule has 0 saturated carbocycles. The minimum atomic E-state index is -0.0446. The van der Waals surface area contributed by atoms with Gasteiger partial charge in [0.15, 0.2) is 0 Å². The summed E-state index contributed by atoms with van der Waals surface area (Å²) in [6.45, 7) is 5.23. The Morgan fingerprint density at radius 1 is 1.33 bits per heavy atom. The van der Waals surface area contributed by atoms with Crippen LogP contribution in [0.15, 0.2) is 24.3 Å². The monoisotopic (exact) mass is 350 g/mol. The van der Waals surface area contributed by atoms with Crippen molar-refractivity contribution in [1.82, 2.24) is 10.6 Å². The Bertz CT molecular complexity index is 555. The predicted octanol–water partition coefficient (Wildman–Crippen LogP) is 2.89. The number of ether oxygens (including phenoxy) is 1. The number of halogens is 1. The molecule has 0 aliphatic carbocycles. The molecule has 0 aromatic heterocycles. The average Bonchev–Trinajstić information content (AvgIpc) is 2.61. The van der Waals surface area contributed by atoms with Crippen LogP contribution < -0.4 is 10.6 Å². The van der Waals surface area contributed by atoms with E-state index in [4.69, 9.17) is 16.3 Å². The molecule has 2 saturated heterocycles. The van der Waals surface area contributed by atoms with Gasteiger partial charge in [0, 0.05) is 42.2 Å². The molecule has 1 aromatic carbocycles. The first-order valence-corrected chi connectivity index (χ1v) is 9.32. The van der Waals surface area contributed by atoms with Gasteiger partial charge in [-0.1, -0.05) is 23.7 Å². The van der Waals surface area contributed by atoms with Crippen molar-refractivity contribution in [2.45, 2.75) is 44.1 Å². The van der Waals surface area contributed by atoms with Gasteiger partial charge in [-0.15, -0.1) is 0 Å². The van der Waals surface area contributed by atoms with Crippen LogP contribution >= 0.6 is 11.6 Å². The second-order valence-electron chi connectivity index (χ2n) is 7.19. The Labute approximate surface area is 149 Å². The van der Waals surface area contributed by atoms with Crippen molar-refractivity contribution in [1.29, 1.82) is 0 Å². The van der Waals surface area contributed by atoms with Crippen LogP contribution in [0.3, 0.4) is 0 Å².